The van der Waals surface area contributed by atoms with Gasteiger partial charge in [-0.05, 0) is 12.8 Å². The van der Waals surface area contributed by atoms with Gasteiger partial charge in [-0.2, -0.15) is 0 Å². The fraction of sp³-hybridized carbons (Fsp3) is 0.562. The number of hydrogen-bond donors (Lipinski definition) is 1. The van der Waals surface area contributed by atoms with Gasteiger partial charge in [-0.1, -0.05) is 12.1 Å². The van der Waals surface area contributed by atoms with Crippen LogP contribution in [0.5, 0.6) is 0 Å². The van der Waals surface area contributed by atoms with Crippen molar-refractivity contribution < 1.29 is 19.1 Å². The maximum absolute atomic E-state index is 12.8. The summed E-state index contributed by atoms with van der Waals surface area (Å²) < 4.78 is 7.12. The molecule has 1 amide bonds. The molecule has 1 aliphatic heterocycles. The molecule has 0 bridgehead atoms. The number of likely N-dealkylation sites (tertiary alicyclic amines) is 1. The van der Waals surface area contributed by atoms with Crippen LogP contribution in [0, 0.1) is 12.8 Å². The first-order chi connectivity index (χ1) is 11.9. The minimum atomic E-state index is -0.891. The highest BCUT2D eigenvalue weighted by atomic mass is 16.4. The van der Waals surface area contributed by atoms with Crippen molar-refractivity contribution in [1.29, 1.82) is 0 Å². The molecule has 2 aromatic rings. The number of amides is 1. The van der Waals surface area contributed by atoms with Gasteiger partial charge < -0.3 is 14.4 Å². The highest BCUT2D eigenvalue weighted by molar-refractivity contribution is 5.92. The normalized spacial score (nSPS) is 20.2. The molecule has 1 fully saturated rings. The number of carbonyl (C=O) groups is 2. The van der Waals surface area contributed by atoms with Crippen LogP contribution in [0.2, 0.25) is 0 Å². The summed E-state index contributed by atoms with van der Waals surface area (Å²) in [7, 11) is 1.75. The predicted molar refractivity (Wildman–Crippen MR) is 86.0 cm³/mol. The summed E-state index contributed by atoms with van der Waals surface area (Å²) in [6, 6.07) is 0. The zero-order valence-corrected chi connectivity index (χ0v) is 14.5. The lowest BCUT2D eigenvalue weighted by molar-refractivity contribution is -0.138. The number of carboxylic acid groups (broad SMARTS) is 1. The third-order valence-corrected chi connectivity index (χ3v) is 4.50. The highest BCUT2D eigenvalue weighted by Crippen LogP contribution is 2.34. The van der Waals surface area contributed by atoms with Gasteiger partial charge in [0.2, 0.25) is 5.76 Å². The predicted octanol–water partition coefficient (Wildman–Crippen LogP) is 1.00. The second kappa shape index (κ2) is 6.66. The number of oxazole rings is 1. The first-order valence-corrected chi connectivity index (χ1v) is 8.22. The van der Waals surface area contributed by atoms with E-state index >= 15 is 0 Å². The largest absolute Gasteiger partial charge is 0.481 e. The van der Waals surface area contributed by atoms with Crippen molar-refractivity contribution in [2.45, 2.75) is 32.6 Å². The van der Waals surface area contributed by atoms with E-state index in [-0.39, 0.29) is 29.9 Å². The number of nitrogens with zero attached hydrogens (tertiary/aromatic N) is 5. The molecule has 134 valence electrons. The first-order valence-electron chi connectivity index (χ1n) is 8.22. The van der Waals surface area contributed by atoms with Crippen molar-refractivity contribution in [3.05, 3.63) is 29.2 Å². The van der Waals surface area contributed by atoms with Crippen LogP contribution in [0.15, 0.2) is 10.6 Å². The molecule has 2 atom stereocenters. The third kappa shape index (κ3) is 3.40. The Labute approximate surface area is 144 Å². The number of aryl methyl sites for hydroxylation is 3. The molecule has 3 heterocycles. The minimum Gasteiger partial charge on any atom is -0.481 e. The van der Waals surface area contributed by atoms with Gasteiger partial charge in [-0.15, -0.1) is 5.10 Å². The lowest BCUT2D eigenvalue weighted by Gasteiger charge is -2.14. The fourth-order valence-corrected chi connectivity index (χ4v) is 3.28. The number of aromatic nitrogens is 4. The molecule has 1 aliphatic rings. The van der Waals surface area contributed by atoms with Gasteiger partial charge in [0.1, 0.15) is 0 Å². The Hall–Kier alpha value is -2.71. The second-order valence-electron chi connectivity index (χ2n) is 6.37. The Balaban J connectivity index is 1.84. The molecule has 2 aromatic heterocycles. The van der Waals surface area contributed by atoms with Crippen LogP contribution < -0.4 is 0 Å². The van der Waals surface area contributed by atoms with E-state index < -0.39 is 5.97 Å². The molecule has 1 N–H and O–H groups in total. The summed E-state index contributed by atoms with van der Waals surface area (Å²) in [5.74, 6) is -0.781. The van der Waals surface area contributed by atoms with Gasteiger partial charge in [0.25, 0.3) is 5.91 Å². The summed E-state index contributed by atoms with van der Waals surface area (Å²) in [6.07, 6.45) is 2.35. The zero-order valence-electron chi connectivity index (χ0n) is 14.5. The van der Waals surface area contributed by atoms with E-state index in [1.165, 1.54) is 0 Å². The monoisotopic (exact) mass is 347 g/mol. The molecular weight excluding hydrogens is 326 g/mol. The van der Waals surface area contributed by atoms with Gasteiger partial charge in [0.15, 0.2) is 5.89 Å². The molecular formula is C16H21N5O4. The average molecular weight is 347 g/mol. The molecule has 25 heavy (non-hydrogen) atoms. The smallest absolute Gasteiger partial charge is 0.303 e. The van der Waals surface area contributed by atoms with Gasteiger partial charge in [0, 0.05) is 38.7 Å². The van der Waals surface area contributed by atoms with Crippen molar-refractivity contribution in [3.63, 3.8) is 0 Å². The molecule has 0 unspecified atom stereocenters. The standard InChI is InChI=1S/C16H21N5O4/c1-4-13-17-9(2)15(25-13)16(24)21-6-10(5-14(22)23)11(7-21)12-8-20(3)19-18-12/h8,10-11H,4-7H2,1-3H3,(H,22,23)/t10-,11+/m0/s1. The third-order valence-electron chi connectivity index (χ3n) is 4.50. The quantitative estimate of drug-likeness (QED) is 0.858. The van der Waals surface area contributed by atoms with Crippen LogP contribution in [0.25, 0.3) is 0 Å². The van der Waals surface area contributed by atoms with E-state index in [9.17, 15) is 14.7 Å². The minimum absolute atomic E-state index is 0.0272. The van der Waals surface area contributed by atoms with Crippen LogP contribution in [-0.4, -0.2) is 55.0 Å². The van der Waals surface area contributed by atoms with Gasteiger partial charge >= 0.3 is 5.97 Å². The Kier molecular flexibility index (Phi) is 4.56. The SMILES string of the molecule is CCc1nc(C)c(C(=O)N2C[C@H](CC(=O)O)[C@H](c3cn(C)nn3)C2)o1. The van der Waals surface area contributed by atoms with E-state index in [0.29, 0.717) is 36.8 Å². The summed E-state index contributed by atoms with van der Waals surface area (Å²) in [5.41, 5.74) is 1.26. The number of rotatable bonds is 5. The van der Waals surface area contributed by atoms with E-state index in [1.54, 1.807) is 29.7 Å². The second-order valence-corrected chi connectivity index (χ2v) is 6.37. The molecule has 3 rings (SSSR count). The van der Waals surface area contributed by atoms with Crippen LogP contribution in [0.4, 0.5) is 0 Å². The summed E-state index contributed by atoms with van der Waals surface area (Å²) in [4.78, 5) is 29.9. The zero-order chi connectivity index (χ0) is 18.1. The van der Waals surface area contributed by atoms with E-state index in [1.807, 2.05) is 6.92 Å². The van der Waals surface area contributed by atoms with Crippen molar-refractivity contribution in [2.75, 3.05) is 13.1 Å². The summed E-state index contributed by atoms with van der Waals surface area (Å²) in [6.45, 7) is 4.37. The molecule has 1 saturated heterocycles. The van der Waals surface area contributed by atoms with Gasteiger partial charge in [-0.3, -0.25) is 14.3 Å². The molecule has 9 heteroatoms. The van der Waals surface area contributed by atoms with Crippen molar-refractivity contribution in [3.8, 4) is 0 Å². The lowest BCUT2D eigenvalue weighted by Crippen LogP contribution is -2.29. The average Bonchev–Trinajstić information content (AvgIpc) is 3.24. The molecule has 0 aliphatic carbocycles. The first kappa shape index (κ1) is 17.1. The molecule has 0 saturated carbocycles. The molecule has 0 spiro atoms. The Morgan fingerprint density at radius 3 is 2.72 bits per heavy atom. The Morgan fingerprint density at radius 2 is 2.16 bits per heavy atom. The van der Waals surface area contributed by atoms with E-state index in [2.05, 4.69) is 15.3 Å². The van der Waals surface area contributed by atoms with Crippen LogP contribution in [0.1, 0.15) is 47.1 Å². The van der Waals surface area contributed by atoms with Crippen LogP contribution in [-0.2, 0) is 18.3 Å². The maximum Gasteiger partial charge on any atom is 0.303 e. The van der Waals surface area contributed by atoms with Crippen molar-refractivity contribution in [2.24, 2.45) is 13.0 Å². The number of hydrogen-bond acceptors (Lipinski definition) is 6. The maximum atomic E-state index is 12.8. The lowest BCUT2D eigenvalue weighted by atomic mass is 9.91. The van der Waals surface area contributed by atoms with Crippen LogP contribution in [0.3, 0.4) is 0 Å². The fourth-order valence-electron chi connectivity index (χ4n) is 3.28. The molecule has 9 nitrogen and oxygen atoms in total. The number of aliphatic carboxylic acids is 1. The number of carbonyl (C=O) groups excluding carboxylic acids is 1. The Morgan fingerprint density at radius 1 is 1.40 bits per heavy atom. The van der Waals surface area contributed by atoms with Gasteiger partial charge in [-0.25, -0.2) is 4.98 Å². The molecule has 0 radical (unpaired) electrons. The van der Waals surface area contributed by atoms with E-state index in [0.717, 1.165) is 0 Å². The Bertz CT molecular complexity index is 796. The number of carboxylic acids is 1. The van der Waals surface area contributed by atoms with Crippen molar-refractivity contribution >= 4 is 11.9 Å². The van der Waals surface area contributed by atoms with Crippen LogP contribution >= 0.6 is 0 Å². The topological polar surface area (TPSA) is 114 Å². The van der Waals surface area contributed by atoms with Crippen molar-refractivity contribution in [1.82, 2.24) is 24.9 Å². The summed E-state index contributed by atoms with van der Waals surface area (Å²) >= 11 is 0. The van der Waals surface area contributed by atoms with Gasteiger partial charge in [0.05, 0.1) is 17.8 Å². The summed E-state index contributed by atoms with van der Waals surface area (Å²) in [5, 5.41) is 17.2. The molecule has 0 aromatic carbocycles. The highest BCUT2D eigenvalue weighted by Gasteiger charge is 2.40. The van der Waals surface area contributed by atoms with E-state index in [4.69, 9.17) is 4.42 Å².